The van der Waals surface area contributed by atoms with Crippen LogP contribution in [-0.4, -0.2) is 30.6 Å². The molecule has 6 heteroatoms. The second kappa shape index (κ2) is 7.58. The molecule has 0 spiro atoms. The van der Waals surface area contributed by atoms with Crippen molar-refractivity contribution in [2.45, 2.75) is 33.2 Å². The monoisotopic (exact) mass is 363 g/mol. The van der Waals surface area contributed by atoms with E-state index in [0.29, 0.717) is 30.3 Å². The third kappa shape index (κ3) is 4.05. The summed E-state index contributed by atoms with van der Waals surface area (Å²) < 4.78 is 10.5. The van der Waals surface area contributed by atoms with Crippen LogP contribution >= 0.6 is 11.6 Å². The first kappa shape index (κ1) is 18.0. The third-order valence-electron chi connectivity index (χ3n) is 4.63. The van der Waals surface area contributed by atoms with Crippen molar-refractivity contribution < 1.29 is 13.9 Å². The summed E-state index contributed by atoms with van der Waals surface area (Å²) in [6.07, 6.45) is 1.78. The van der Waals surface area contributed by atoms with Gasteiger partial charge in [-0.25, -0.2) is 4.79 Å². The lowest BCUT2D eigenvalue weighted by atomic mass is 9.97. The SMILES string of the molecule is CCOC(=O)C1CCCN(Cc2cc(=O)oc3cc(C)c(Cl)cc23)C1. The van der Waals surface area contributed by atoms with E-state index in [1.165, 1.54) is 6.07 Å². The Bertz CT molecular complexity index is 845. The molecule has 0 radical (unpaired) electrons. The maximum absolute atomic E-state index is 12.0. The number of benzene rings is 1. The molecule has 1 aliphatic rings. The van der Waals surface area contributed by atoms with Gasteiger partial charge in [0.1, 0.15) is 5.58 Å². The van der Waals surface area contributed by atoms with Crippen LogP contribution in [0.15, 0.2) is 27.4 Å². The molecule has 0 saturated carbocycles. The van der Waals surface area contributed by atoms with Gasteiger partial charge in [-0.1, -0.05) is 11.6 Å². The highest BCUT2D eigenvalue weighted by molar-refractivity contribution is 6.32. The fourth-order valence-electron chi connectivity index (χ4n) is 3.37. The summed E-state index contributed by atoms with van der Waals surface area (Å²) in [6.45, 7) is 6.20. The first-order valence-electron chi connectivity index (χ1n) is 8.59. The van der Waals surface area contributed by atoms with E-state index >= 15 is 0 Å². The van der Waals surface area contributed by atoms with Crippen molar-refractivity contribution in [2.24, 2.45) is 5.92 Å². The fraction of sp³-hybridized carbons (Fsp3) is 0.474. The molecule has 2 heterocycles. The van der Waals surface area contributed by atoms with E-state index in [4.69, 9.17) is 20.8 Å². The number of fused-ring (bicyclic) bond motifs is 1. The van der Waals surface area contributed by atoms with Gasteiger partial charge in [-0.05, 0) is 56.5 Å². The molecular weight excluding hydrogens is 342 g/mol. The highest BCUT2D eigenvalue weighted by atomic mass is 35.5. The Kier molecular flexibility index (Phi) is 5.45. The van der Waals surface area contributed by atoms with E-state index in [9.17, 15) is 9.59 Å². The van der Waals surface area contributed by atoms with Crippen LogP contribution in [0.3, 0.4) is 0 Å². The van der Waals surface area contributed by atoms with Gasteiger partial charge in [-0.2, -0.15) is 0 Å². The van der Waals surface area contributed by atoms with Crippen LogP contribution in [0.25, 0.3) is 11.0 Å². The molecule has 2 aromatic rings. The van der Waals surface area contributed by atoms with E-state index in [1.54, 1.807) is 6.07 Å². The lowest BCUT2D eigenvalue weighted by Crippen LogP contribution is -2.39. The molecule has 1 aromatic carbocycles. The number of nitrogens with zero attached hydrogens (tertiary/aromatic N) is 1. The Hall–Kier alpha value is -1.85. The number of piperidine rings is 1. The van der Waals surface area contributed by atoms with Crippen LogP contribution in [0.5, 0.6) is 0 Å². The van der Waals surface area contributed by atoms with Gasteiger partial charge in [0.05, 0.1) is 12.5 Å². The maximum Gasteiger partial charge on any atom is 0.336 e. The van der Waals surface area contributed by atoms with Crippen LogP contribution < -0.4 is 5.63 Å². The average Bonchev–Trinajstić information content (AvgIpc) is 2.57. The third-order valence-corrected chi connectivity index (χ3v) is 5.04. The molecule has 1 aromatic heterocycles. The molecule has 0 aliphatic carbocycles. The van der Waals surface area contributed by atoms with Crippen LogP contribution in [0.1, 0.15) is 30.9 Å². The van der Waals surface area contributed by atoms with Gasteiger partial charge in [-0.15, -0.1) is 0 Å². The Morgan fingerprint density at radius 1 is 1.40 bits per heavy atom. The number of carbonyl (C=O) groups excluding carboxylic acids is 1. The van der Waals surface area contributed by atoms with Crippen LogP contribution in [0, 0.1) is 12.8 Å². The van der Waals surface area contributed by atoms with Gasteiger partial charge >= 0.3 is 11.6 Å². The van der Waals surface area contributed by atoms with Crippen molar-refractivity contribution in [1.82, 2.24) is 4.90 Å². The molecule has 3 rings (SSSR count). The van der Waals surface area contributed by atoms with E-state index < -0.39 is 0 Å². The molecule has 0 bridgehead atoms. The molecule has 134 valence electrons. The fourth-order valence-corrected chi connectivity index (χ4v) is 3.54. The number of ether oxygens (including phenoxy) is 1. The molecule has 1 aliphatic heterocycles. The number of esters is 1. The quantitative estimate of drug-likeness (QED) is 0.614. The van der Waals surface area contributed by atoms with Crippen LogP contribution in [0.4, 0.5) is 0 Å². The molecule has 1 saturated heterocycles. The van der Waals surface area contributed by atoms with Gasteiger partial charge in [0.15, 0.2) is 0 Å². The molecule has 1 atom stereocenters. The average molecular weight is 364 g/mol. The highest BCUT2D eigenvalue weighted by Crippen LogP contribution is 2.27. The Morgan fingerprint density at radius 2 is 2.20 bits per heavy atom. The Balaban J connectivity index is 1.86. The number of hydrogen-bond acceptors (Lipinski definition) is 5. The minimum absolute atomic E-state index is 0.106. The van der Waals surface area contributed by atoms with Crippen molar-refractivity contribution in [3.05, 3.63) is 44.8 Å². The zero-order valence-electron chi connectivity index (χ0n) is 14.5. The molecule has 25 heavy (non-hydrogen) atoms. The number of aryl methyl sites for hydroxylation is 1. The molecular formula is C19H22ClNO4. The van der Waals surface area contributed by atoms with Crippen molar-refractivity contribution in [2.75, 3.05) is 19.7 Å². The van der Waals surface area contributed by atoms with E-state index in [0.717, 1.165) is 35.9 Å². The van der Waals surface area contributed by atoms with Gasteiger partial charge in [-0.3, -0.25) is 9.69 Å². The number of likely N-dealkylation sites (tertiary alicyclic amines) is 1. The number of carbonyl (C=O) groups is 1. The summed E-state index contributed by atoms with van der Waals surface area (Å²) in [5, 5.41) is 1.49. The highest BCUT2D eigenvalue weighted by Gasteiger charge is 2.27. The summed E-state index contributed by atoms with van der Waals surface area (Å²) in [6, 6.07) is 5.15. The molecule has 1 fully saturated rings. The van der Waals surface area contributed by atoms with Gasteiger partial charge in [0.2, 0.25) is 0 Å². The predicted molar refractivity (Wildman–Crippen MR) is 96.9 cm³/mol. The zero-order chi connectivity index (χ0) is 18.0. The van der Waals surface area contributed by atoms with Gasteiger partial charge in [0.25, 0.3) is 0 Å². The van der Waals surface area contributed by atoms with Gasteiger partial charge in [0, 0.05) is 29.6 Å². The zero-order valence-corrected chi connectivity index (χ0v) is 15.3. The second-order valence-electron chi connectivity index (χ2n) is 6.51. The molecule has 0 N–H and O–H groups in total. The summed E-state index contributed by atoms with van der Waals surface area (Å²) in [5.41, 5.74) is 1.92. The number of hydrogen-bond donors (Lipinski definition) is 0. The number of halogens is 1. The topological polar surface area (TPSA) is 59.8 Å². The lowest BCUT2D eigenvalue weighted by molar-refractivity contribution is -0.150. The summed E-state index contributed by atoms with van der Waals surface area (Å²) in [7, 11) is 0. The van der Waals surface area contributed by atoms with Crippen molar-refractivity contribution in [3.8, 4) is 0 Å². The summed E-state index contributed by atoms with van der Waals surface area (Å²) in [4.78, 5) is 26.1. The summed E-state index contributed by atoms with van der Waals surface area (Å²) in [5.74, 6) is -0.241. The minimum atomic E-state index is -0.372. The lowest BCUT2D eigenvalue weighted by Gasteiger charge is -2.31. The first-order chi connectivity index (χ1) is 12.0. The predicted octanol–water partition coefficient (Wildman–Crippen LogP) is 3.53. The first-order valence-corrected chi connectivity index (χ1v) is 8.97. The summed E-state index contributed by atoms with van der Waals surface area (Å²) >= 11 is 6.25. The standard InChI is InChI=1S/C19H22ClNO4/c1-3-24-19(23)13-5-4-6-21(10-13)11-14-8-18(22)25-17-7-12(2)16(20)9-15(14)17/h7-9,13H,3-6,10-11H2,1-2H3. The normalized spacial score (nSPS) is 18.4. The second-order valence-corrected chi connectivity index (χ2v) is 6.92. The minimum Gasteiger partial charge on any atom is -0.466 e. The van der Waals surface area contributed by atoms with E-state index in [-0.39, 0.29) is 17.5 Å². The Morgan fingerprint density at radius 3 is 2.96 bits per heavy atom. The smallest absolute Gasteiger partial charge is 0.336 e. The number of rotatable bonds is 4. The largest absolute Gasteiger partial charge is 0.466 e. The van der Waals surface area contributed by atoms with E-state index in [2.05, 4.69) is 4.90 Å². The van der Waals surface area contributed by atoms with Crippen molar-refractivity contribution >= 4 is 28.5 Å². The van der Waals surface area contributed by atoms with Gasteiger partial charge < -0.3 is 9.15 Å². The van der Waals surface area contributed by atoms with Crippen LogP contribution in [0.2, 0.25) is 5.02 Å². The molecule has 1 unspecified atom stereocenters. The maximum atomic E-state index is 12.0. The van der Waals surface area contributed by atoms with Crippen molar-refractivity contribution in [1.29, 1.82) is 0 Å². The Labute approximate surface area is 151 Å². The molecule has 0 amide bonds. The van der Waals surface area contributed by atoms with Crippen molar-refractivity contribution in [3.63, 3.8) is 0 Å². The van der Waals surface area contributed by atoms with Crippen LogP contribution in [-0.2, 0) is 16.1 Å². The molecule has 5 nitrogen and oxygen atoms in total. The van der Waals surface area contributed by atoms with E-state index in [1.807, 2.05) is 19.9 Å².